The lowest BCUT2D eigenvalue weighted by atomic mass is 9.98. The van der Waals surface area contributed by atoms with Gasteiger partial charge in [0.2, 0.25) is 0 Å². The third-order valence-electron chi connectivity index (χ3n) is 4.80. The second kappa shape index (κ2) is 9.11. The highest BCUT2D eigenvalue weighted by Crippen LogP contribution is 2.42. The lowest BCUT2D eigenvalue weighted by Crippen LogP contribution is -2.31. The summed E-state index contributed by atoms with van der Waals surface area (Å²) in [4.78, 5) is 28.1. The monoisotopic (exact) mass is 433 g/mol. The van der Waals surface area contributed by atoms with Gasteiger partial charge in [-0.1, -0.05) is 11.6 Å². The van der Waals surface area contributed by atoms with Crippen molar-refractivity contribution >= 4 is 40.4 Å². The van der Waals surface area contributed by atoms with Gasteiger partial charge in [-0.15, -0.1) is 11.3 Å². The van der Waals surface area contributed by atoms with Gasteiger partial charge in [0.1, 0.15) is 5.76 Å². The predicted molar refractivity (Wildman–Crippen MR) is 115 cm³/mol. The van der Waals surface area contributed by atoms with E-state index >= 15 is 0 Å². The van der Waals surface area contributed by atoms with Crippen LogP contribution in [0.4, 0.5) is 0 Å². The number of carbonyl (C=O) groups excluding carboxylic acids is 2. The van der Waals surface area contributed by atoms with E-state index in [-0.39, 0.29) is 17.4 Å². The molecule has 2 aromatic rings. The first-order valence-electron chi connectivity index (χ1n) is 9.51. The largest absolute Gasteiger partial charge is 0.507 e. The van der Waals surface area contributed by atoms with Crippen LogP contribution in [-0.4, -0.2) is 41.0 Å². The first kappa shape index (κ1) is 21.6. The molecular formula is C22H24ClNO4S. The number of hydrogen-bond acceptors (Lipinski definition) is 5. The van der Waals surface area contributed by atoms with E-state index in [9.17, 15) is 14.7 Å². The van der Waals surface area contributed by atoms with Crippen LogP contribution in [0.1, 0.15) is 42.3 Å². The summed E-state index contributed by atoms with van der Waals surface area (Å²) in [5.41, 5.74) is 1.55. The number of amides is 1. The molecule has 29 heavy (non-hydrogen) atoms. The van der Waals surface area contributed by atoms with Crippen LogP contribution >= 0.6 is 22.9 Å². The summed E-state index contributed by atoms with van der Waals surface area (Å²) in [5, 5.41) is 13.4. The predicted octanol–water partition coefficient (Wildman–Crippen LogP) is 4.95. The number of ether oxygens (including phenoxy) is 1. The maximum absolute atomic E-state index is 12.9. The highest BCUT2D eigenvalue weighted by atomic mass is 35.5. The van der Waals surface area contributed by atoms with E-state index < -0.39 is 17.7 Å². The van der Waals surface area contributed by atoms with Gasteiger partial charge in [0.15, 0.2) is 0 Å². The highest BCUT2D eigenvalue weighted by Gasteiger charge is 2.46. The molecule has 5 nitrogen and oxygen atoms in total. The number of benzene rings is 1. The second-order valence-corrected chi connectivity index (χ2v) is 8.62. The van der Waals surface area contributed by atoms with E-state index in [1.807, 2.05) is 32.2 Å². The summed E-state index contributed by atoms with van der Waals surface area (Å²) in [6, 6.07) is 7.90. The normalized spacial score (nSPS) is 18.8. The lowest BCUT2D eigenvalue weighted by Gasteiger charge is -2.25. The fraction of sp³-hybridized carbons (Fsp3) is 0.364. The molecule has 0 bridgehead atoms. The molecule has 1 saturated heterocycles. The van der Waals surface area contributed by atoms with E-state index in [0.717, 1.165) is 10.4 Å². The number of thiophene rings is 1. The second-order valence-electron chi connectivity index (χ2n) is 7.24. The zero-order valence-corrected chi connectivity index (χ0v) is 18.2. The molecule has 0 aliphatic carbocycles. The number of aryl methyl sites for hydroxylation is 1. The Hall–Kier alpha value is -2.15. The molecule has 0 radical (unpaired) electrons. The molecule has 7 heteroatoms. The maximum Gasteiger partial charge on any atom is 0.295 e. The smallest absolute Gasteiger partial charge is 0.295 e. The minimum absolute atomic E-state index is 0.102. The summed E-state index contributed by atoms with van der Waals surface area (Å²) in [6.45, 7) is 6.71. The summed E-state index contributed by atoms with van der Waals surface area (Å²) in [6.07, 6.45) is 0.707. The van der Waals surface area contributed by atoms with Crippen LogP contribution in [-0.2, 0) is 14.3 Å². The molecule has 0 spiro atoms. The molecule has 1 unspecified atom stereocenters. The molecule has 1 aliphatic rings. The first-order chi connectivity index (χ1) is 13.8. The molecule has 1 aromatic heterocycles. The van der Waals surface area contributed by atoms with Gasteiger partial charge in [0.05, 0.1) is 17.7 Å². The molecule has 1 N–H and O–H groups in total. The molecule has 1 fully saturated rings. The fourth-order valence-electron chi connectivity index (χ4n) is 3.36. The van der Waals surface area contributed by atoms with E-state index in [1.54, 1.807) is 29.2 Å². The van der Waals surface area contributed by atoms with Crippen LogP contribution in [0.25, 0.3) is 5.76 Å². The van der Waals surface area contributed by atoms with Gasteiger partial charge in [-0.05, 0) is 68.5 Å². The molecule has 1 amide bonds. The number of Topliss-reactive ketones (excluding diaryl/α,β-unsaturated/α-hetero) is 1. The number of likely N-dealkylation sites (tertiary alicyclic amines) is 1. The van der Waals surface area contributed by atoms with Crippen LogP contribution in [0.5, 0.6) is 0 Å². The Morgan fingerprint density at radius 3 is 2.52 bits per heavy atom. The minimum Gasteiger partial charge on any atom is -0.507 e. The van der Waals surface area contributed by atoms with Gasteiger partial charge in [-0.25, -0.2) is 0 Å². The summed E-state index contributed by atoms with van der Waals surface area (Å²) in [7, 11) is 0. The van der Waals surface area contributed by atoms with Crippen LogP contribution < -0.4 is 0 Å². The van der Waals surface area contributed by atoms with Crippen molar-refractivity contribution in [2.45, 2.75) is 39.3 Å². The number of carbonyl (C=O) groups is 2. The van der Waals surface area contributed by atoms with Crippen molar-refractivity contribution < 1.29 is 19.4 Å². The molecule has 1 aliphatic heterocycles. The van der Waals surface area contributed by atoms with Crippen LogP contribution in [0, 0.1) is 6.92 Å². The number of halogens is 1. The van der Waals surface area contributed by atoms with Crippen molar-refractivity contribution in [2.75, 3.05) is 13.2 Å². The van der Waals surface area contributed by atoms with Gasteiger partial charge in [-0.3, -0.25) is 9.59 Å². The van der Waals surface area contributed by atoms with Crippen LogP contribution in [0.15, 0.2) is 41.3 Å². The number of nitrogens with zero attached hydrogens (tertiary/aromatic N) is 1. The molecular weight excluding hydrogens is 410 g/mol. The van der Waals surface area contributed by atoms with Gasteiger partial charge in [0.25, 0.3) is 11.7 Å². The SMILES string of the molecule is Cc1ccsc1C1/C(=C(/O)c2ccc(Cl)cc2)C(=O)C(=O)N1CCCOC(C)C. The van der Waals surface area contributed by atoms with E-state index in [2.05, 4.69) is 0 Å². The van der Waals surface area contributed by atoms with Crippen molar-refractivity contribution in [3.05, 3.63) is 62.3 Å². The zero-order chi connectivity index (χ0) is 21.1. The van der Waals surface area contributed by atoms with E-state index in [4.69, 9.17) is 16.3 Å². The number of rotatable bonds is 7. The summed E-state index contributed by atoms with van der Waals surface area (Å²) >= 11 is 7.41. The Morgan fingerprint density at radius 1 is 1.24 bits per heavy atom. The minimum atomic E-state index is -0.667. The number of ketones is 1. The molecule has 154 valence electrons. The van der Waals surface area contributed by atoms with Gasteiger partial charge >= 0.3 is 0 Å². The van der Waals surface area contributed by atoms with Crippen molar-refractivity contribution in [3.8, 4) is 0 Å². The van der Waals surface area contributed by atoms with Crippen molar-refractivity contribution in [1.29, 1.82) is 0 Å². The third-order valence-corrected chi connectivity index (χ3v) is 6.13. The third kappa shape index (κ3) is 4.55. The van der Waals surface area contributed by atoms with Crippen molar-refractivity contribution in [2.24, 2.45) is 0 Å². The van der Waals surface area contributed by atoms with Gasteiger partial charge in [0, 0.05) is 28.6 Å². The van der Waals surface area contributed by atoms with Crippen molar-refractivity contribution in [3.63, 3.8) is 0 Å². The Labute approximate surface area is 179 Å². The molecule has 0 saturated carbocycles. The van der Waals surface area contributed by atoms with Crippen LogP contribution in [0.3, 0.4) is 0 Å². The Balaban J connectivity index is 2.01. The van der Waals surface area contributed by atoms with Gasteiger partial charge < -0.3 is 14.7 Å². The molecule has 3 rings (SSSR count). The van der Waals surface area contributed by atoms with Crippen LogP contribution in [0.2, 0.25) is 5.02 Å². The molecule has 2 heterocycles. The number of aliphatic hydroxyl groups is 1. The standard InChI is InChI=1S/C22H24ClNO4S/c1-13(2)28-11-4-10-24-18(21-14(3)9-12-29-21)17(20(26)22(24)27)19(25)15-5-7-16(23)8-6-15/h5-9,12-13,18,25H,4,10-11H2,1-3H3/b19-17-. The Morgan fingerprint density at radius 2 is 1.93 bits per heavy atom. The average Bonchev–Trinajstić information content (AvgIpc) is 3.20. The fourth-order valence-corrected chi connectivity index (χ4v) is 4.54. The zero-order valence-electron chi connectivity index (χ0n) is 16.6. The van der Waals surface area contributed by atoms with E-state index in [1.165, 1.54) is 11.3 Å². The molecule has 1 atom stereocenters. The lowest BCUT2D eigenvalue weighted by molar-refractivity contribution is -0.140. The number of hydrogen-bond donors (Lipinski definition) is 1. The Bertz CT molecular complexity index is 933. The topological polar surface area (TPSA) is 66.8 Å². The van der Waals surface area contributed by atoms with Gasteiger partial charge in [-0.2, -0.15) is 0 Å². The maximum atomic E-state index is 12.9. The average molecular weight is 434 g/mol. The summed E-state index contributed by atoms with van der Waals surface area (Å²) < 4.78 is 5.57. The summed E-state index contributed by atoms with van der Waals surface area (Å²) in [5.74, 6) is -1.44. The molecule has 1 aromatic carbocycles. The number of aliphatic hydroxyl groups excluding tert-OH is 1. The Kier molecular flexibility index (Phi) is 6.77. The first-order valence-corrected chi connectivity index (χ1v) is 10.8. The van der Waals surface area contributed by atoms with Crippen molar-refractivity contribution in [1.82, 2.24) is 4.90 Å². The highest BCUT2D eigenvalue weighted by molar-refractivity contribution is 7.10. The van der Waals surface area contributed by atoms with E-state index in [0.29, 0.717) is 30.2 Å². The quantitative estimate of drug-likeness (QED) is 0.290.